The minimum Gasteiger partial charge on any atom is -0.496 e. The smallest absolute Gasteiger partial charge is 0.313 e. The second-order valence-electron chi connectivity index (χ2n) is 4.00. The number of carbonyl (C=O) groups is 1. The van der Waals surface area contributed by atoms with E-state index in [2.05, 4.69) is 0 Å². The zero-order chi connectivity index (χ0) is 11.5. The third-order valence-corrected chi connectivity index (χ3v) is 3.17. The predicted octanol–water partition coefficient (Wildman–Crippen LogP) is 2.29. The molecule has 0 saturated heterocycles. The Hall–Kier alpha value is -1.51. The van der Waals surface area contributed by atoms with E-state index in [0.29, 0.717) is 0 Å². The highest BCUT2D eigenvalue weighted by molar-refractivity contribution is 5.79. The molecule has 0 radical (unpaired) electrons. The van der Waals surface area contributed by atoms with E-state index >= 15 is 0 Å². The summed E-state index contributed by atoms with van der Waals surface area (Å²) in [5, 5.41) is 0. The number of fused-ring (bicyclic) bond motifs is 1. The standard InChI is InChI=1S/C13H16O3/c1-15-12-8-4-5-9-10(12)6-3-7-11(9)13(14)16-2/h4-5,8,11H,3,6-7H2,1-2H3. The summed E-state index contributed by atoms with van der Waals surface area (Å²) in [6, 6.07) is 5.87. The average Bonchev–Trinajstić information content (AvgIpc) is 2.36. The van der Waals surface area contributed by atoms with Gasteiger partial charge in [-0.05, 0) is 36.5 Å². The van der Waals surface area contributed by atoms with Gasteiger partial charge in [-0.2, -0.15) is 0 Å². The molecule has 1 unspecified atom stereocenters. The normalized spacial score (nSPS) is 18.8. The van der Waals surface area contributed by atoms with Crippen molar-refractivity contribution in [3.05, 3.63) is 29.3 Å². The van der Waals surface area contributed by atoms with Crippen molar-refractivity contribution in [2.75, 3.05) is 14.2 Å². The summed E-state index contributed by atoms with van der Waals surface area (Å²) in [4.78, 5) is 11.7. The maximum atomic E-state index is 11.7. The lowest BCUT2D eigenvalue weighted by Gasteiger charge is -2.24. The molecular formula is C13H16O3. The molecule has 1 aromatic carbocycles. The SMILES string of the molecule is COC(=O)C1CCCc2c(OC)cccc21. The van der Waals surface area contributed by atoms with Crippen LogP contribution in [0.3, 0.4) is 0 Å². The maximum absolute atomic E-state index is 11.7. The maximum Gasteiger partial charge on any atom is 0.313 e. The van der Waals surface area contributed by atoms with Crippen LogP contribution in [0.25, 0.3) is 0 Å². The number of rotatable bonds is 2. The highest BCUT2D eigenvalue weighted by Crippen LogP contribution is 2.37. The van der Waals surface area contributed by atoms with E-state index in [-0.39, 0.29) is 11.9 Å². The molecule has 0 amide bonds. The Morgan fingerprint density at radius 1 is 1.38 bits per heavy atom. The van der Waals surface area contributed by atoms with Crippen molar-refractivity contribution < 1.29 is 14.3 Å². The minimum atomic E-state index is -0.144. The number of hydrogen-bond donors (Lipinski definition) is 0. The van der Waals surface area contributed by atoms with Crippen LogP contribution in [0.15, 0.2) is 18.2 Å². The molecule has 0 aliphatic heterocycles. The summed E-state index contributed by atoms with van der Waals surface area (Å²) >= 11 is 0. The molecule has 2 rings (SSSR count). The summed E-state index contributed by atoms with van der Waals surface area (Å²) in [5.74, 6) is 0.615. The van der Waals surface area contributed by atoms with Crippen LogP contribution in [0.4, 0.5) is 0 Å². The molecule has 1 aliphatic carbocycles. The number of ether oxygens (including phenoxy) is 2. The Bertz CT molecular complexity index is 398. The van der Waals surface area contributed by atoms with Gasteiger partial charge in [-0.1, -0.05) is 12.1 Å². The first kappa shape index (κ1) is 11.0. The highest BCUT2D eigenvalue weighted by atomic mass is 16.5. The molecule has 0 N–H and O–H groups in total. The minimum absolute atomic E-state index is 0.121. The van der Waals surface area contributed by atoms with Gasteiger partial charge < -0.3 is 9.47 Å². The van der Waals surface area contributed by atoms with Gasteiger partial charge in [0.15, 0.2) is 0 Å². The summed E-state index contributed by atoms with van der Waals surface area (Å²) in [6.07, 6.45) is 2.85. The molecule has 1 aliphatic rings. The molecule has 3 nitrogen and oxygen atoms in total. The Labute approximate surface area is 95.4 Å². The topological polar surface area (TPSA) is 35.5 Å². The summed E-state index contributed by atoms with van der Waals surface area (Å²) in [7, 11) is 3.11. The van der Waals surface area contributed by atoms with Gasteiger partial charge in [0.25, 0.3) is 0 Å². The fourth-order valence-corrected chi connectivity index (χ4v) is 2.39. The molecule has 1 aromatic rings. The van der Waals surface area contributed by atoms with Crippen molar-refractivity contribution in [1.82, 2.24) is 0 Å². The van der Waals surface area contributed by atoms with Crippen molar-refractivity contribution >= 4 is 5.97 Å². The van der Waals surface area contributed by atoms with Crippen LogP contribution in [-0.4, -0.2) is 20.2 Å². The quantitative estimate of drug-likeness (QED) is 0.717. The van der Waals surface area contributed by atoms with Crippen LogP contribution < -0.4 is 4.74 Å². The van der Waals surface area contributed by atoms with E-state index < -0.39 is 0 Å². The van der Waals surface area contributed by atoms with Crippen LogP contribution in [0.2, 0.25) is 0 Å². The van der Waals surface area contributed by atoms with Crippen LogP contribution >= 0.6 is 0 Å². The summed E-state index contributed by atoms with van der Waals surface area (Å²) in [5.41, 5.74) is 2.23. The number of hydrogen-bond acceptors (Lipinski definition) is 3. The third-order valence-electron chi connectivity index (χ3n) is 3.17. The fraction of sp³-hybridized carbons (Fsp3) is 0.462. The average molecular weight is 220 g/mol. The summed E-state index contributed by atoms with van der Waals surface area (Å²) in [6.45, 7) is 0. The number of methoxy groups -OCH3 is 2. The Kier molecular flexibility index (Phi) is 3.13. The molecule has 0 saturated carbocycles. The van der Waals surface area contributed by atoms with Crippen LogP contribution in [-0.2, 0) is 16.0 Å². The van der Waals surface area contributed by atoms with Crippen molar-refractivity contribution in [2.45, 2.75) is 25.2 Å². The molecule has 0 heterocycles. The Morgan fingerprint density at radius 2 is 2.19 bits per heavy atom. The van der Waals surface area contributed by atoms with Crippen LogP contribution in [0.1, 0.15) is 29.9 Å². The first-order valence-electron chi connectivity index (χ1n) is 5.51. The summed E-state index contributed by atoms with van der Waals surface area (Å²) < 4.78 is 10.2. The largest absolute Gasteiger partial charge is 0.496 e. The molecule has 1 atom stereocenters. The van der Waals surface area contributed by atoms with Gasteiger partial charge in [0.1, 0.15) is 5.75 Å². The van der Waals surface area contributed by atoms with E-state index in [9.17, 15) is 4.79 Å². The molecule has 16 heavy (non-hydrogen) atoms. The Balaban J connectivity index is 2.43. The van der Waals surface area contributed by atoms with Gasteiger partial charge in [-0.15, -0.1) is 0 Å². The van der Waals surface area contributed by atoms with E-state index in [4.69, 9.17) is 9.47 Å². The molecule has 3 heteroatoms. The lowest BCUT2D eigenvalue weighted by Crippen LogP contribution is -2.20. The highest BCUT2D eigenvalue weighted by Gasteiger charge is 2.28. The number of esters is 1. The predicted molar refractivity (Wildman–Crippen MR) is 60.7 cm³/mol. The zero-order valence-electron chi connectivity index (χ0n) is 9.66. The van der Waals surface area contributed by atoms with E-state index in [0.717, 1.165) is 36.1 Å². The van der Waals surface area contributed by atoms with Crippen molar-refractivity contribution in [2.24, 2.45) is 0 Å². The number of benzene rings is 1. The van der Waals surface area contributed by atoms with Crippen LogP contribution in [0, 0.1) is 0 Å². The van der Waals surface area contributed by atoms with Crippen molar-refractivity contribution in [1.29, 1.82) is 0 Å². The van der Waals surface area contributed by atoms with Gasteiger partial charge in [-0.25, -0.2) is 0 Å². The van der Waals surface area contributed by atoms with Gasteiger partial charge in [0.05, 0.1) is 20.1 Å². The van der Waals surface area contributed by atoms with E-state index in [1.807, 2.05) is 18.2 Å². The lowest BCUT2D eigenvalue weighted by molar-refractivity contribution is -0.142. The lowest BCUT2D eigenvalue weighted by atomic mass is 9.82. The molecule has 0 spiro atoms. The third kappa shape index (κ3) is 1.77. The fourth-order valence-electron chi connectivity index (χ4n) is 2.39. The van der Waals surface area contributed by atoms with E-state index in [1.54, 1.807) is 7.11 Å². The van der Waals surface area contributed by atoms with Crippen molar-refractivity contribution in [3.63, 3.8) is 0 Å². The first-order valence-corrected chi connectivity index (χ1v) is 5.51. The van der Waals surface area contributed by atoms with Crippen LogP contribution in [0.5, 0.6) is 5.75 Å². The van der Waals surface area contributed by atoms with Crippen molar-refractivity contribution in [3.8, 4) is 5.75 Å². The molecular weight excluding hydrogens is 204 g/mol. The van der Waals surface area contributed by atoms with Gasteiger partial charge in [0, 0.05) is 0 Å². The molecule has 0 fully saturated rings. The Morgan fingerprint density at radius 3 is 2.88 bits per heavy atom. The first-order chi connectivity index (χ1) is 7.77. The van der Waals surface area contributed by atoms with Gasteiger partial charge in [0.2, 0.25) is 0 Å². The molecule has 0 aromatic heterocycles. The molecule has 86 valence electrons. The van der Waals surface area contributed by atoms with E-state index in [1.165, 1.54) is 7.11 Å². The van der Waals surface area contributed by atoms with Gasteiger partial charge in [-0.3, -0.25) is 4.79 Å². The second-order valence-corrected chi connectivity index (χ2v) is 4.00. The van der Waals surface area contributed by atoms with Gasteiger partial charge >= 0.3 is 5.97 Å². The monoisotopic (exact) mass is 220 g/mol. The number of carbonyl (C=O) groups excluding carboxylic acids is 1. The molecule has 0 bridgehead atoms. The second kappa shape index (κ2) is 4.56. The zero-order valence-corrected chi connectivity index (χ0v) is 9.66.